The number of nitrogens with zero attached hydrogens (tertiary/aromatic N) is 2. The van der Waals surface area contributed by atoms with E-state index in [4.69, 9.17) is 18.9 Å². The number of ether oxygens (including phenoxy) is 4. The number of aromatic hydroxyl groups is 1. The van der Waals surface area contributed by atoms with Gasteiger partial charge in [-0.05, 0) is 0 Å². The van der Waals surface area contributed by atoms with Crippen LogP contribution in [0.15, 0.2) is 40.4 Å². The fraction of sp³-hybridized carbons (Fsp3) is 0.200. The molecule has 0 aliphatic heterocycles. The van der Waals surface area contributed by atoms with Gasteiger partial charge in [-0.15, -0.1) is 0 Å². The van der Waals surface area contributed by atoms with Crippen molar-refractivity contribution in [3.63, 3.8) is 0 Å². The molecule has 0 spiro atoms. The maximum absolute atomic E-state index is 10.0. The average Bonchev–Trinajstić information content (AvgIpc) is 3.23. The Labute approximate surface area is 173 Å². The molecule has 1 aromatic heterocycles. The summed E-state index contributed by atoms with van der Waals surface area (Å²) in [6.45, 7) is 0. The van der Waals surface area contributed by atoms with E-state index in [-0.39, 0.29) is 20.3 Å². The van der Waals surface area contributed by atoms with Crippen molar-refractivity contribution in [3.05, 3.63) is 45.4 Å². The fourth-order valence-corrected chi connectivity index (χ4v) is 4.55. The summed E-state index contributed by atoms with van der Waals surface area (Å²) in [7, 11) is 6.05. The van der Waals surface area contributed by atoms with Crippen molar-refractivity contribution < 1.29 is 29.3 Å². The molecule has 0 unspecified atom stereocenters. The van der Waals surface area contributed by atoms with Crippen molar-refractivity contribution in [2.45, 2.75) is 0 Å². The Bertz CT molecular complexity index is 1020. The first-order chi connectivity index (χ1) is 14.1. The second-order valence-corrected chi connectivity index (χ2v) is 7.59. The molecular weight excluding hydrogens is 443 g/mol. The van der Waals surface area contributed by atoms with E-state index in [1.807, 2.05) is 11.0 Å². The Morgan fingerprint density at radius 1 is 0.931 bits per heavy atom. The van der Waals surface area contributed by atoms with E-state index in [0.29, 0.717) is 44.5 Å². The van der Waals surface area contributed by atoms with E-state index in [2.05, 4.69) is 10.1 Å². The van der Waals surface area contributed by atoms with E-state index in [1.165, 1.54) is 28.4 Å². The number of phenols is 1. The van der Waals surface area contributed by atoms with Gasteiger partial charge in [-0.25, -0.2) is 0 Å². The average molecular weight is 463 g/mol. The second kappa shape index (κ2) is 8.89. The van der Waals surface area contributed by atoms with E-state index >= 15 is 0 Å². The zero-order valence-electron chi connectivity index (χ0n) is 16.3. The summed E-state index contributed by atoms with van der Waals surface area (Å²) < 4.78 is 21.8. The molecule has 3 aromatic rings. The van der Waals surface area contributed by atoms with Gasteiger partial charge in [0, 0.05) is 0 Å². The van der Waals surface area contributed by atoms with E-state index < -0.39 is 0 Å². The molecular formula is C20H20N2O6Se. The van der Waals surface area contributed by atoms with Crippen LogP contribution < -0.4 is 18.9 Å². The topological polar surface area (TPSA) is 103 Å². The van der Waals surface area contributed by atoms with E-state index in [1.54, 1.807) is 24.3 Å². The van der Waals surface area contributed by atoms with Crippen molar-refractivity contribution in [2.24, 2.45) is 5.16 Å². The van der Waals surface area contributed by atoms with Crippen LogP contribution in [0.3, 0.4) is 0 Å². The van der Waals surface area contributed by atoms with E-state index in [9.17, 15) is 10.3 Å². The number of phenolic OH excluding ortho intramolecular Hbond substituents is 1. The second-order valence-electron chi connectivity index (χ2n) is 5.79. The SMILES string of the molecule is COc1ccc(-c2c[se]c(/C(=N\O)c3cc(OC)c(OC)c(OC)c3)n2)cc1O. The van der Waals surface area contributed by atoms with Gasteiger partial charge in [-0.2, -0.15) is 0 Å². The van der Waals surface area contributed by atoms with Crippen LogP contribution in [0.4, 0.5) is 0 Å². The molecule has 3 rings (SSSR count). The molecule has 9 heteroatoms. The molecule has 0 amide bonds. The number of hydrogen-bond donors (Lipinski definition) is 2. The molecule has 0 atom stereocenters. The van der Waals surface area contributed by atoms with Gasteiger partial charge >= 0.3 is 173 Å². The molecule has 0 fully saturated rings. The minimum absolute atomic E-state index is 0.0303. The van der Waals surface area contributed by atoms with E-state index in [0.717, 1.165) is 5.56 Å². The van der Waals surface area contributed by atoms with Gasteiger partial charge < -0.3 is 0 Å². The molecule has 0 bridgehead atoms. The summed E-state index contributed by atoms with van der Waals surface area (Å²) in [5.74, 6) is 1.76. The van der Waals surface area contributed by atoms with Gasteiger partial charge in [-0.3, -0.25) is 0 Å². The van der Waals surface area contributed by atoms with Crippen molar-refractivity contribution in [2.75, 3.05) is 28.4 Å². The standard InChI is InChI=1S/C20H20N2O6Se/c1-25-15-6-5-11(7-14(15)23)13-10-29-20(21-13)18(22-24)12-8-16(26-2)19(28-4)17(9-12)27-3/h5-10,23-24H,1-4H3/b22-18-. The molecule has 1 heterocycles. The Balaban J connectivity index is 2.02. The number of rotatable bonds is 7. The van der Waals surface area contributed by atoms with Gasteiger partial charge in [0.2, 0.25) is 0 Å². The van der Waals surface area contributed by atoms with Crippen LogP contribution in [0.2, 0.25) is 0 Å². The minimum atomic E-state index is -0.174. The monoisotopic (exact) mass is 464 g/mol. The van der Waals surface area contributed by atoms with Crippen molar-refractivity contribution in [1.29, 1.82) is 0 Å². The number of benzene rings is 2. The van der Waals surface area contributed by atoms with Crippen LogP contribution >= 0.6 is 0 Å². The van der Waals surface area contributed by atoms with Crippen molar-refractivity contribution in [1.82, 2.24) is 4.98 Å². The van der Waals surface area contributed by atoms with Gasteiger partial charge in [0.05, 0.1) is 0 Å². The first-order valence-corrected chi connectivity index (χ1v) is 10.3. The molecule has 0 radical (unpaired) electrons. The first-order valence-electron chi connectivity index (χ1n) is 8.42. The predicted octanol–water partition coefficient (Wildman–Crippen LogP) is 2.77. The van der Waals surface area contributed by atoms with Crippen LogP contribution in [0, 0.1) is 0 Å². The van der Waals surface area contributed by atoms with Crippen molar-refractivity contribution >= 4 is 20.2 Å². The quantitative estimate of drug-likeness (QED) is 0.240. The molecule has 0 saturated heterocycles. The molecule has 0 aliphatic rings. The van der Waals surface area contributed by atoms with Crippen molar-refractivity contribution in [3.8, 4) is 40.0 Å². The summed E-state index contributed by atoms with van der Waals surface area (Å²) in [6.07, 6.45) is 0. The molecule has 2 N–H and O–H groups in total. The molecule has 152 valence electrons. The summed E-state index contributed by atoms with van der Waals surface area (Å²) in [5, 5.41) is 23.2. The zero-order chi connectivity index (χ0) is 21.0. The summed E-state index contributed by atoms with van der Waals surface area (Å²) in [5.41, 5.74) is 2.32. The third-order valence-electron chi connectivity index (χ3n) is 4.22. The normalized spacial score (nSPS) is 11.2. The third kappa shape index (κ3) is 4.01. The summed E-state index contributed by atoms with van der Waals surface area (Å²) in [4.78, 5) is 6.56. The zero-order valence-corrected chi connectivity index (χ0v) is 18.0. The van der Waals surface area contributed by atoms with Crippen LogP contribution in [-0.4, -0.2) is 64.0 Å². The number of oxime groups is 1. The molecule has 8 nitrogen and oxygen atoms in total. The van der Waals surface area contributed by atoms with Gasteiger partial charge in [0.25, 0.3) is 0 Å². The van der Waals surface area contributed by atoms with Crippen LogP contribution in [0.25, 0.3) is 11.3 Å². The van der Waals surface area contributed by atoms with Gasteiger partial charge in [0.15, 0.2) is 0 Å². The Morgan fingerprint density at radius 2 is 1.59 bits per heavy atom. The third-order valence-corrected chi connectivity index (χ3v) is 6.00. The number of aromatic nitrogens is 1. The molecule has 0 aliphatic carbocycles. The fourth-order valence-electron chi connectivity index (χ4n) is 2.81. The summed E-state index contributed by atoms with van der Waals surface area (Å²) >= 11 is -0.174. The Hall–Kier alpha value is -3.16. The number of hydrogen-bond acceptors (Lipinski definition) is 8. The molecule has 2 aromatic carbocycles. The predicted molar refractivity (Wildman–Crippen MR) is 108 cm³/mol. The van der Waals surface area contributed by atoms with Crippen LogP contribution in [0.5, 0.6) is 28.7 Å². The molecule has 0 saturated carbocycles. The van der Waals surface area contributed by atoms with Gasteiger partial charge in [0.1, 0.15) is 0 Å². The molecule has 29 heavy (non-hydrogen) atoms. The Morgan fingerprint density at radius 3 is 2.10 bits per heavy atom. The number of methoxy groups -OCH3 is 4. The first kappa shape index (κ1) is 20.6. The summed E-state index contributed by atoms with van der Waals surface area (Å²) in [6, 6.07) is 8.47. The van der Waals surface area contributed by atoms with Crippen LogP contribution in [-0.2, 0) is 0 Å². The Kier molecular flexibility index (Phi) is 6.31. The van der Waals surface area contributed by atoms with Crippen LogP contribution in [0.1, 0.15) is 10.1 Å². The van der Waals surface area contributed by atoms with Gasteiger partial charge in [-0.1, -0.05) is 0 Å². The maximum atomic E-state index is 10.0.